The number of nitrogens with zero attached hydrogens (tertiary/aromatic N) is 1. The second-order valence-electron chi connectivity index (χ2n) is 7.33. The molecule has 2 rings (SSSR count). The van der Waals surface area contributed by atoms with E-state index in [0.29, 0.717) is 22.6 Å². The van der Waals surface area contributed by atoms with Gasteiger partial charge in [-0.15, -0.1) is 0 Å². The van der Waals surface area contributed by atoms with E-state index < -0.39 is 15.6 Å². The summed E-state index contributed by atoms with van der Waals surface area (Å²) in [6.07, 6.45) is 0. The molecular formula is C20H26N2O4S. The molecule has 2 aromatic rings. The third kappa shape index (κ3) is 4.60. The Kier molecular flexibility index (Phi) is 5.85. The monoisotopic (exact) mass is 390 g/mol. The second kappa shape index (κ2) is 7.60. The molecule has 0 bridgehead atoms. The molecule has 0 atom stereocenters. The second-order valence-corrected chi connectivity index (χ2v) is 9.29. The van der Waals surface area contributed by atoms with E-state index in [0.717, 1.165) is 4.31 Å². The van der Waals surface area contributed by atoms with E-state index in [-0.39, 0.29) is 10.8 Å². The maximum Gasteiger partial charge on any atom is 0.264 e. The van der Waals surface area contributed by atoms with E-state index in [1.165, 1.54) is 26.3 Å². The van der Waals surface area contributed by atoms with Gasteiger partial charge in [-0.3, -0.25) is 9.10 Å². The zero-order valence-corrected chi connectivity index (χ0v) is 17.3. The standard InChI is InChI=1S/C20H26N2O4S/c1-14-11-12-15(13-16(14)19(23)21-20(2,3)4)27(24,25)22(5)17-9-7-8-10-18(17)26-6/h7-13H,1-6H3,(H,21,23). The Morgan fingerprint density at radius 2 is 1.74 bits per heavy atom. The Labute approximate surface area is 161 Å². The predicted molar refractivity (Wildman–Crippen MR) is 107 cm³/mol. The third-order valence-electron chi connectivity index (χ3n) is 4.03. The SMILES string of the molecule is COc1ccccc1N(C)S(=O)(=O)c1ccc(C)c(C(=O)NC(C)(C)C)c1. The molecule has 0 radical (unpaired) electrons. The molecule has 1 amide bonds. The third-order valence-corrected chi connectivity index (χ3v) is 5.79. The van der Waals surface area contributed by atoms with Gasteiger partial charge in [-0.1, -0.05) is 18.2 Å². The van der Waals surface area contributed by atoms with Gasteiger partial charge in [0.25, 0.3) is 15.9 Å². The summed E-state index contributed by atoms with van der Waals surface area (Å²) in [6, 6.07) is 11.4. The molecule has 6 nitrogen and oxygen atoms in total. The maximum atomic E-state index is 13.1. The zero-order chi connectivity index (χ0) is 20.4. The lowest BCUT2D eigenvalue weighted by molar-refractivity contribution is 0.0918. The van der Waals surface area contributed by atoms with Crippen LogP contribution >= 0.6 is 0 Å². The van der Waals surface area contributed by atoms with Crippen molar-refractivity contribution in [2.45, 2.75) is 38.1 Å². The summed E-state index contributed by atoms with van der Waals surface area (Å²) in [7, 11) is -0.921. The first-order valence-corrected chi connectivity index (χ1v) is 9.96. The average Bonchev–Trinajstić information content (AvgIpc) is 2.59. The van der Waals surface area contributed by atoms with Gasteiger partial charge >= 0.3 is 0 Å². The van der Waals surface area contributed by atoms with Gasteiger partial charge in [-0.05, 0) is 57.5 Å². The number of methoxy groups -OCH3 is 1. The first-order valence-electron chi connectivity index (χ1n) is 8.52. The summed E-state index contributed by atoms with van der Waals surface area (Å²) in [5.74, 6) is 0.137. The lowest BCUT2D eigenvalue weighted by Crippen LogP contribution is -2.41. The van der Waals surface area contributed by atoms with Gasteiger partial charge in [0.15, 0.2) is 0 Å². The van der Waals surface area contributed by atoms with Gasteiger partial charge in [0.2, 0.25) is 0 Å². The lowest BCUT2D eigenvalue weighted by atomic mass is 10.0. The number of rotatable bonds is 5. The molecule has 0 saturated carbocycles. The van der Waals surface area contributed by atoms with Crippen LogP contribution in [0, 0.1) is 6.92 Å². The molecule has 0 aliphatic carbocycles. The van der Waals surface area contributed by atoms with Gasteiger partial charge in [-0.2, -0.15) is 0 Å². The minimum absolute atomic E-state index is 0.0422. The number of benzene rings is 2. The number of para-hydroxylation sites is 2. The minimum atomic E-state index is -3.87. The molecule has 0 saturated heterocycles. The van der Waals surface area contributed by atoms with Crippen molar-refractivity contribution < 1.29 is 17.9 Å². The molecule has 27 heavy (non-hydrogen) atoms. The van der Waals surface area contributed by atoms with E-state index in [1.54, 1.807) is 37.3 Å². The molecule has 0 aliphatic heterocycles. The number of hydrogen-bond acceptors (Lipinski definition) is 4. The van der Waals surface area contributed by atoms with E-state index in [9.17, 15) is 13.2 Å². The van der Waals surface area contributed by atoms with Crippen LogP contribution in [0.3, 0.4) is 0 Å². The quantitative estimate of drug-likeness (QED) is 0.849. The highest BCUT2D eigenvalue weighted by Crippen LogP contribution is 2.31. The van der Waals surface area contributed by atoms with E-state index >= 15 is 0 Å². The van der Waals surface area contributed by atoms with Crippen molar-refractivity contribution in [3.63, 3.8) is 0 Å². The van der Waals surface area contributed by atoms with Crippen LogP contribution in [0.2, 0.25) is 0 Å². The minimum Gasteiger partial charge on any atom is -0.495 e. The van der Waals surface area contributed by atoms with Crippen molar-refractivity contribution in [1.29, 1.82) is 0 Å². The van der Waals surface area contributed by atoms with Gasteiger partial charge in [0.05, 0.1) is 17.7 Å². The molecule has 0 aromatic heterocycles. The van der Waals surface area contributed by atoms with E-state index in [2.05, 4.69) is 5.32 Å². The predicted octanol–water partition coefficient (Wildman–Crippen LogP) is 3.36. The number of anilines is 1. The number of amides is 1. The summed E-state index contributed by atoms with van der Waals surface area (Å²) < 4.78 is 32.6. The lowest BCUT2D eigenvalue weighted by Gasteiger charge is -2.23. The highest BCUT2D eigenvalue weighted by molar-refractivity contribution is 7.92. The summed E-state index contributed by atoms with van der Waals surface area (Å²) in [6.45, 7) is 7.39. The maximum absolute atomic E-state index is 13.1. The van der Waals surface area contributed by atoms with Crippen LogP contribution in [-0.2, 0) is 10.0 Å². The van der Waals surface area contributed by atoms with Crippen molar-refractivity contribution in [2.24, 2.45) is 0 Å². The molecular weight excluding hydrogens is 364 g/mol. The molecule has 2 aromatic carbocycles. The Morgan fingerprint density at radius 1 is 1.11 bits per heavy atom. The fraction of sp³-hybridized carbons (Fsp3) is 0.350. The van der Waals surface area contributed by atoms with Crippen molar-refractivity contribution in [2.75, 3.05) is 18.5 Å². The summed E-state index contributed by atoms with van der Waals surface area (Å²) in [4.78, 5) is 12.6. The smallest absolute Gasteiger partial charge is 0.264 e. The van der Waals surface area contributed by atoms with E-state index in [1.807, 2.05) is 20.8 Å². The normalized spacial score (nSPS) is 11.8. The highest BCUT2D eigenvalue weighted by Gasteiger charge is 2.26. The summed E-state index contributed by atoms with van der Waals surface area (Å²) in [5.41, 5.74) is 1.03. The van der Waals surface area contributed by atoms with Gasteiger partial charge in [0.1, 0.15) is 5.75 Å². The number of carbonyl (C=O) groups excluding carboxylic acids is 1. The topological polar surface area (TPSA) is 75.7 Å². The highest BCUT2D eigenvalue weighted by atomic mass is 32.2. The fourth-order valence-corrected chi connectivity index (χ4v) is 3.82. The molecule has 146 valence electrons. The summed E-state index contributed by atoms with van der Waals surface area (Å²) in [5, 5.41) is 2.87. The van der Waals surface area contributed by atoms with Crippen molar-refractivity contribution in [3.05, 3.63) is 53.6 Å². The number of hydrogen-bond donors (Lipinski definition) is 1. The Balaban J connectivity index is 2.47. The van der Waals surface area contributed by atoms with Crippen LogP contribution in [-0.4, -0.2) is 34.0 Å². The van der Waals surface area contributed by atoms with E-state index in [4.69, 9.17) is 4.74 Å². The molecule has 0 spiro atoms. The van der Waals surface area contributed by atoms with Crippen molar-refractivity contribution in [1.82, 2.24) is 5.32 Å². The Morgan fingerprint density at radius 3 is 2.33 bits per heavy atom. The van der Waals surface area contributed by atoms with Crippen LogP contribution < -0.4 is 14.4 Å². The number of nitrogens with one attached hydrogen (secondary N) is 1. The Bertz CT molecular complexity index is 947. The molecule has 0 unspecified atom stereocenters. The van der Waals surface area contributed by atoms with Gasteiger partial charge in [0, 0.05) is 18.2 Å². The van der Waals surface area contributed by atoms with Crippen molar-refractivity contribution >= 4 is 21.6 Å². The van der Waals surface area contributed by atoms with Crippen LogP contribution in [0.25, 0.3) is 0 Å². The van der Waals surface area contributed by atoms with Crippen LogP contribution in [0.1, 0.15) is 36.7 Å². The first kappa shape index (κ1) is 20.8. The number of carbonyl (C=O) groups is 1. The number of aryl methyl sites for hydroxylation is 1. The molecule has 0 aliphatic rings. The molecule has 7 heteroatoms. The Hall–Kier alpha value is -2.54. The zero-order valence-electron chi connectivity index (χ0n) is 16.5. The van der Waals surface area contributed by atoms with Crippen LogP contribution in [0.4, 0.5) is 5.69 Å². The van der Waals surface area contributed by atoms with Gasteiger partial charge < -0.3 is 10.1 Å². The van der Waals surface area contributed by atoms with Gasteiger partial charge in [-0.25, -0.2) is 8.42 Å². The average molecular weight is 391 g/mol. The van der Waals surface area contributed by atoms with Crippen molar-refractivity contribution in [3.8, 4) is 5.75 Å². The molecule has 0 fully saturated rings. The first-order chi connectivity index (χ1) is 12.5. The fourth-order valence-electron chi connectivity index (χ4n) is 2.59. The molecule has 0 heterocycles. The number of ether oxygens (including phenoxy) is 1. The largest absolute Gasteiger partial charge is 0.495 e. The van der Waals surface area contributed by atoms with Crippen LogP contribution in [0.5, 0.6) is 5.75 Å². The molecule has 1 N–H and O–H groups in total. The van der Waals surface area contributed by atoms with Crippen LogP contribution in [0.15, 0.2) is 47.4 Å². The summed E-state index contributed by atoms with van der Waals surface area (Å²) >= 11 is 0. The number of sulfonamides is 1.